The van der Waals surface area contributed by atoms with Crippen LogP contribution in [0.4, 0.5) is 4.39 Å². The largest absolute Gasteiger partial charge is 0.472 e. The Morgan fingerprint density at radius 2 is 2.26 bits per heavy atom. The standard InChI is InChI=1S/C17H14FN3O2/c1-11(22)5-6-13-8-19-16-15(13)17(21-10-20-16)23-9-12-3-2-4-14(18)7-12/h2-8,10H,9H2,1H3,(H,19,20,21)/b6-5+. The van der Waals surface area contributed by atoms with Gasteiger partial charge in [0.15, 0.2) is 5.78 Å². The lowest BCUT2D eigenvalue weighted by Gasteiger charge is -2.07. The Hall–Kier alpha value is -3.02. The van der Waals surface area contributed by atoms with Crippen LogP contribution in [0.3, 0.4) is 0 Å². The zero-order valence-corrected chi connectivity index (χ0v) is 12.4. The number of carbonyl (C=O) groups excluding carboxylic acids is 1. The Bertz CT molecular complexity index is 886. The van der Waals surface area contributed by atoms with E-state index in [1.165, 1.54) is 31.5 Å². The number of H-pyrrole nitrogens is 1. The third kappa shape index (κ3) is 3.42. The average molecular weight is 311 g/mol. The van der Waals surface area contributed by atoms with E-state index in [0.29, 0.717) is 22.5 Å². The zero-order valence-electron chi connectivity index (χ0n) is 12.4. The fourth-order valence-corrected chi connectivity index (χ4v) is 2.18. The first-order valence-electron chi connectivity index (χ1n) is 7.01. The fraction of sp³-hybridized carbons (Fsp3) is 0.118. The zero-order chi connectivity index (χ0) is 16.2. The van der Waals surface area contributed by atoms with E-state index >= 15 is 0 Å². The third-order valence-electron chi connectivity index (χ3n) is 3.23. The van der Waals surface area contributed by atoms with Crippen LogP contribution in [0.25, 0.3) is 17.1 Å². The number of aromatic amines is 1. The summed E-state index contributed by atoms with van der Waals surface area (Å²) in [5.41, 5.74) is 2.07. The number of carbonyl (C=O) groups is 1. The minimum atomic E-state index is -0.314. The molecule has 2 aromatic heterocycles. The summed E-state index contributed by atoms with van der Waals surface area (Å²) in [4.78, 5) is 22.4. The summed E-state index contributed by atoms with van der Waals surface area (Å²) in [7, 11) is 0. The Morgan fingerprint density at radius 1 is 1.39 bits per heavy atom. The molecule has 23 heavy (non-hydrogen) atoms. The Balaban J connectivity index is 1.91. The third-order valence-corrected chi connectivity index (χ3v) is 3.23. The second kappa shape index (κ2) is 6.39. The molecule has 0 spiro atoms. The predicted molar refractivity (Wildman–Crippen MR) is 84.3 cm³/mol. The summed E-state index contributed by atoms with van der Waals surface area (Å²) in [5.74, 6) is 0.00722. The average Bonchev–Trinajstić information content (AvgIpc) is 2.95. The van der Waals surface area contributed by atoms with Crippen LogP contribution in [-0.4, -0.2) is 20.7 Å². The smallest absolute Gasteiger partial charge is 0.227 e. The molecule has 0 fully saturated rings. The number of nitrogens with one attached hydrogen (secondary N) is 1. The monoisotopic (exact) mass is 311 g/mol. The topological polar surface area (TPSA) is 67.9 Å². The number of ketones is 1. The van der Waals surface area contributed by atoms with E-state index in [4.69, 9.17) is 4.74 Å². The first kappa shape index (κ1) is 14.9. The Kier molecular flexibility index (Phi) is 4.14. The number of hydrogen-bond acceptors (Lipinski definition) is 4. The molecule has 2 heterocycles. The maximum absolute atomic E-state index is 13.2. The Labute approximate surface area is 131 Å². The number of ether oxygens (including phenoxy) is 1. The van der Waals surface area contributed by atoms with Gasteiger partial charge in [0, 0.05) is 11.8 Å². The second-order valence-corrected chi connectivity index (χ2v) is 5.01. The van der Waals surface area contributed by atoms with Crippen LogP contribution in [0.1, 0.15) is 18.1 Å². The van der Waals surface area contributed by atoms with Crippen LogP contribution in [-0.2, 0) is 11.4 Å². The normalized spacial score (nSPS) is 11.2. The van der Waals surface area contributed by atoms with Crippen LogP contribution in [0, 0.1) is 5.82 Å². The summed E-state index contributed by atoms with van der Waals surface area (Å²) in [6.07, 6.45) is 6.26. The molecule has 3 rings (SSSR count). The van der Waals surface area contributed by atoms with Gasteiger partial charge in [0.25, 0.3) is 0 Å². The number of rotatable bonds is 5. The van der Waals surface area contributed by atoms with Gasteiger partial charge in [-0.15, -0.1) is 0 Å². The number of hydrogen-bond donors (Lipinski definition) is 1. The van der Waals surface area contributed by atoms with Gasteiger partial charge >= 0.3 is 0 Å². The highest BCUT2D eigenvalue weighted by Crippen LogP contribution is 2.26. The SMILES string of the molecule is CC(=O)/C=C/c1c[nH]c2ncnc(OCc3cccc(F)c3)c12. The van der Waals surface area contributed by atoms with Crippen LogP contribution >= 0.6 is 0 Å². The van der Waals surface area contributed by atoms with E-state index in [1.54, 1.807) is 24.4 Å². The molecular weight excluding hydrogens is 297 g/mol. The van der Waals surface area contributed by atoms with Crippen LogP contribution < -0.4 is 4.74 Å². The van der Waals surface area contributed by atoms with Crippen molar-refractivity contribution in [3.8, 4) is 5.88 Å². The van der Waals surface area contributed by atoms with Gasteiger partial charge in [0.05, 0.1) is 5.39 Å². The maximum atomic E-state index is 13.2. The molecule has 0 amide bonds. The predicted octanol–water partition coefficient (Wildman–Crippen LogP) is 3.28. The molecule has 6 heteroatoms. The summed E-state index contributed by atoms with van der Waals surface area (Å²) < 4.78 is 18.9. The van der Waals surface area contributed by atoms with Gasteiger partial charge in [0.2, 0.25) is 5.88 Å². The van der Waals surface area contributed by atoms with Gasteiger partial charge in [-0.05, 0) is 36.8 Å². The van der Waals surface area contributed by atoms with Crippen molar-refractivity contribution < 1.29 is 13.9 Å². The van der Waals surface area contributed by atoms with Gasteiger partial charge in [-0.1, -0.05) is 12.1 Å². The van der Waals surface area contributed by atoms with Crippen LogP contribution in [0.15, 0.2) is 42.9 Å². The van der Waals surface area contributed by atoms with Crippen LogP contribution in [0.2, 0.25) is 0 Å². The maximum Gasteiger partial charge on any atom is 0.227 e. The molecule has 0 aliphatic carbocycles. The van der Waals surface area contributed by atoms with Crippen molar-refractivity contribution >= 4 is 22.9 Å². The molecule has 5 nitrogen and oxygen atoms in total. The van der Waals surface area contributed by atoms with Crippen molar-refractivity contribution in [2.75, 3.05) is 0 Å². The molecule has 0 bridgehead atoms. The molecule has 1 aromatic carbocycles. The van der Waals surface area contributed by atoms with Crippen molar-refractivity contribution in [1.29, 1.82) is 0 Å². The molecule has 0 aliphatic heterocycles. The number of aromatic nitrogens is 3. The molecule has 116 valence electrons. The highest BCUT2D eigenvalue weighted by molar-refractivity contribution is 5.96. The highest BCUT2D eigenvalue weighted by Gasteiger charge is 2.11. The van der Waals surface area contributed by atoms with E-state index in [9.17, 15) is 9.18 Å². The molecule has 0 unspecified atom stereocenters. The summed E-state index contributed by atoms with van der Waals surface area (Å²) >= 11 is 0. The lowest BCUT2D eigenvalue weighted by atomic mass is 10.2. The first-order chi connectivity index (χ1) is 11.1. The van der Waals surface area contributed by atoms with Crippen molar-refractivity contribution in [2.24, 2.45) is 0 Å². The number of allylic oxidation sites excluding steroid dienone is 1. The minimum Gasteiger partial charge on any atom is -0.472 e. The van der Waals surface area contributed by atoms with Gasteiger partial charge < -0.3 is 9.72 Å². The Morgan fingerprint density at radius 3 is 3.04 bits per heavy atom. The summed E-state index contributed by atoms with van der Waals surface area (Å²) in [5, 5.41) is 0.682. The lowest BCUT2D eigenvalue weighted by Crippen LogP contribution is -1.99. The van der Waals surface area contributed by atoms with Gasteiger partial charge in [0.1, 0.15) is 24.4 Å². The van der Waals surface area contributed by atoms with Crippen molar-refractivity contribution in [2.45, 2.75) is 13.5 Å². The van der Waals surface area contributed by atoms with Crippen molar-refractivity contribution in [1.82, 2.24) is 15.0 Å². The van der Waals surface area contributed by atoms with Crippen LogP contribution in [0.5, 0.6) is 5.88 Å². The van der Waals surface area contributed by atoms with Gasteiger partial charge in [-0.3, -0.25) is 4.79 Å². The molecule has 3 aromatic rings. The number of benzene rings is 1. The number of nitrogens with zero attached hydrogens (tertiary/aromatic N) is 2. The molecule has 0 saturated heterocycles. The minimum absolute atomic E-state index is 0.0570. The summed E-state index contributed by atoms with van der Waals surface area (Å²) in [6.45, 7) is 1.66. The van der Waals surface area contributed by atoms with E-state index in [-0.39, 0.29) is 18.2 Å². The molecule has 1 N–H and O–H groups in total. The van der Waals surface area contributed by atoms with E-state index in [2.05, 4.69) is 15.0 Å². The molecule has 0 aliphatic rings. The summed E-state index contributed by atoms with van der Waals surface area (Å²) in [6, 6.07) is 6.19. The number of fused-ring (bicyclic) bond motifs is 1. The molecular formula is C17H14FN3O2. The van der Waals surface area contributed by atoms with E-state index < -0.39 is 0 Å². The van der Waals surface area contributed by atoms with Gasteiger partial charge in [-0.25, -0.2) is 14.4 Å². The first-order valence-corrected chi connectivity index (χ1v) is 7.01. The molecule has 0 atom stereocenters. The van der Waals surface area contributed by atoms with Gasteiger partial charge in [-0.2, -0.15) is 0 Å². The second-order valence-electron chi connectivity index (χ2n) is 5.01. The molecule has 0 radical (unpaired) electrons. The fourth-order valence-electron chi connectivity index (χ4n) is 2.18. The van der Waals surface area contributed by atoms with Crippen molar-refractivity contribution in [3.05, 3.63) is 59.8 Å². The lowest BCUT2D eigenvalue weighted by molar-refractivity contribution is -0.112. The van der Waals surface area contributed by atoms with E-state index in [1.807, 2.05) is 0 Å². The van der Waals surface area contributed by atoms with Crippen molar-refractivity contribution in [3.63, 3.8) is 0 Å². The number of halogens is 1. The van der Waals surface area contributed by atoms with E-state index in [0.717, 1.165) is 5.56 Å². The molecule has 0 saturated carbocycles. The highest BCUT2D eigenvalue weighted by atomic mass is 19.1. The quantitative estimate of drug-likeness (QED) is 0.734.